The minimum Gasteiger partial charge on any atom is -0.494 e. The van der Waals surface area contributed by atoms with Gasteiger partial charge in [-0.2, -0.15) is 5.10 Å². The molecule has 108 valence electrons. The van der Waals surface area contributed by atoms with Gasteiger partial charge < -0.3 is 10.5 Å². The fraction of sp³-hybridized carbons (Fsp3) is 0.467. The second-order valence-electron chi connectivity index (χ2n) is 4.68. The van der Waals surface area contributed by atoms with Gasteiger partial charge in [-0.3, -0.25) is 4.68 Å². The highest BCUT2D eigenvalue weighted by molar-refractivity contribution is 5.36. The van der Waals surface area contributed by atoms with Crippen LogP contribution >= 0.6 is 0 Å². The SMILES string of the molecule is CCCn1ncnc1CC(N)c1ccccc1OCC. The zero-order valence-electron chi connectivity index (χ0n) is 12.1. The van der Waals surface area contributed by atoms with E-state index >= 15 is 0 Å². The first-order valence-corrected chi connectivity index (χ1v) is 7.10. The van der Waals surface area contributed by atoms with Crippen LogP contribution in [0.25, 0.3) is 0 Å². The molecule has 0 amide bonds. The molecule has 0 saturated heterocycles. The lowest BCUT2D eigenvalue weighted by Gasteiger charge is -2.16. The number of benzene rings is 1. The number of ether oxygens (including phenoxy) is 1. The Morgan fingerprint density at radius 1 is 1.30 bits per heavy atom. The second-order valence-corrected chi connectivity index (χ2v) is 4.68. The van der Waals surface area contributed by atoms with Crippen molar-refractivity contribution in [1.82, 2.24) is 14.8 Å². The number of hydrogen-bond donors (Lipinski definition) is 1. The minimum absolute atomic E-state index is 0.141. The quantitative estimate of drug-likeness (QED) is 0.841. The molecule has 1 unspecified atom stereocenters. The Bertz CT molecular complexity index is 538. The number of aryl methyl sites for hydroxylation is 1. The molecule has 0 aliphatic carbocycles. The lowest BCUT2D eigenvalue weighted by molar-refractivity contribution is 0.333. The highest BCUT2D eigenvalue weighted by Gasteiger charge is 2.15. The second kappa shape index (κ2) is 7.05. The Balaban J connectivity index is 2.15. The van der Waals surface area contributed by atoms with Crippen molar-refractivity contribution in [2.75, 3.05) is 6.61 Å². The van der Waals surface area contributed by atoms with Crippen LogP contribution in [0.5, 0.6) is 5.75 Å². The monoisotopic (exact) mass is 274 g/mol. The van der Waals surface area contributed by atoms with Crippen LogP contribution in [-0.2, 0) is 13.0 Å². The molecular formula is C15H22N4O. The van der Waals surface area contributed by atoms with Crippen molar-refractivity contribution < 1.29 is 4.74 Å². The summed E-state index contributed by atoms with van der Waals surface area (Å²) in [5, 5.41) is 4.23. The van der Waals surface area contributed by atoms with Gasteiger partial charge in [0.25, 0.3) is 0 Å². The molecule has 5 nitrogen and oxygen atoms in total. The topological polar surface area (TPSA) is 66.0 Å². The summed E-state index contributed by atoms with van der Waals surface area (Å²) in [6, 6.07) is 7.76. The Morgan fingerprint density at radius 2 is 2.10 bits per heavy atom. The maximum absolute atomic E-state index is 6.32. The molecule has 1 heterocycles. The zero-order chi connectivity index (χ0) is 14.4. The average Bonchev–Trinajstić information content (AvgIpc) is 2.87. The molecule has 5 heteroatoms. The summed E-state index contributed by atoms with van der Waals surface area (Å²) in [4.78, 5) is 4.31. The molecule has 0 aliphatic heterocycles. The number of nitrogens with two attached hydrogens (primary N) is 1. The molecule has 0 saturated carbocycles. The van der Waals surface area contributed by atoms with Crippen molar-refractivity contribution in [3.8, 4) is 5.75 Å². The van der Waals surface area contributed by atoms with Gasteiger partial charge >= 0.3 is 0 Å². The number of aromatic nitrogens is 3. The third kappa shape index (κ3) is 3.36. The lowest BCUT2D eigenvalue weighted by Crippen LogP contribution is -2.18. The number of rotatable bonds is 7. The first-order chi connectivity index (χ1) is 9.76. The van der Waals surface area contributed by atoms with E-state index in [4.69, 9.17) is 10.5 Å². The molecule has 2 rings (SSSR count). The summed E-state index contributed by atoms with van der Waals surface area (Å²) in [5.74, 6) is 1.77. The minimum atomic E-state index is -0.141. The van der Waals surface area contributed by atoms with Crippen LogP contribution in [0.15, 0.2) is 30.6 Å². The van der Waals surface area contributed by atoms with E-state index in [1.54, 1.807) is 6.33 Å². The van der Waals surface area contributed by atoms with E-state index in [-0.39, 0.29) is 6.04 Å². The average molecular weight is 274 g/mol. The maximum atomic E-state index is 6.32. The van der Waals surface area contributed by atoms with Crippen LogP contribution in [0.2, 0.25) is 0 Å². The van der Waals surface area contributed by atoms with E-state index in [9.17, 15) is 0 Å². The van der Waals surface area contributed by atoms with Crippen LogP contribution in [-0.4, -0.2) is 21.4 Å². The Kier molecular flexibility index (Phi) is 5.12. The highest BCUT2D eigenvalue weighted by atomic mass is 16.5. The third-order valence-corrected chi connectivity index (χ3v) is 3.15. The molecule has 20 heavy (non-hydrogen) atoms. The molecule has 1 aromatic carbocycles. The van der Waals surface area contributed by atoms with E-state index in [1.165, 1.54) is 0 Å². The molecule has 0 bridgehead atoms. The van der Waals surface area contributed by atoms with Crippen molar-refractivity contribution in [3.05, 3.63) is 42.0 Å². The lowest BCUT2D eigenvalue weighted by atomic mass is 10.0. The van der Waals surface area contributed by atoms with Gasteiger partial charge in [0.2, 0.25) is 0 Å². The normalized spacial score (nSPS) is 12.3. The van der Waals surface area contributed by atoms with Gasteiger partial charge in [-0.1, -0.05) is 25.1 Å². The Morgan fingerprint density at radius 3 is 2.85 bits per heavy atom. The van der Waals surface area contributed by atoms with Crippen LogP contribution < -0.4 is 10.5 Å². The zero-order valence-corrected chi connectivity index (χ0v) is 12.1. The van der Waals surface area contributed by atoms with Crippen LogP contribution in [0.4, 0.5) is 0 Å². The van der Waals surface area contributed by atoms with Crippen molar-refractivity contribution in [2.24, 2.45) is 5.73 Å². The van der Waals surface area contributed by atoms with E-state index in [0.29, 0.717) is 13.0 Å². The van der Waals surface area contributed by atoms with Gasteiger partial charge in [-0.05, 0) is 19.4 Å². The number of para-hydroxylation sites is 1. The fourth-order valence-electron chi connectivity index (χ4n) is 2.23. The Labute approximate surface area is 119 Å². The first kappa shape index (κ1) is 14.5. The first-order valence-electron chi connectivity index (χ1n) is 7.10. The van der Waals surface area contributed by atoms with Crippen LogP contribution in [0.3, 0.4) is 0 Å². The van der Waals surface area contributed by atoms with Crippen molar-refractivity contribution >= 4 is 0 Å². The Hall–Kier alpha value is -1.88. The smallest absolute Gasteiger partial charge is 0.138 e. The van der Waals surface area contributed by atoms with Crippen molar-refractivity contribution in [3.63, 3.8) is 0 Å². The highest BCUT2D eigenvalue weighted by Crippen LogP contribution is 2.25. The summed E-state index contributed by atoms with van der Waals surface area (Å²) in [5.41, 5.74) is 7.34. The van der Waals surface area contributed by atoms with Gasteiger partial charge in [-0.15, -0.1) is 0 Å². The molecule has 1 atom stereocenters. The molecular weight excluding hydrogens is 252 g/mol. The standard InChI is InChI=1S/C15H22N4O/c1-3-9-19-15(17-11-18-19)10-13(16)12-7-5-6-8-14(12)20-4-2/h5-8,11,13H,3-4,9-10,16H2,1-2H3. The van der Waals surface area contributed by atoms with Gasteiger partial charge in [0, 0.05) is 24.6 Å². The van der Waals surface area contributed by atoms with E-state index in [1.807, 2.05) is 35.9 Å². The number of hydrogen-bond acceptors (Lipinski definition) is 4. The summed E-state index contributed by atoms with van der Waals surface area (Å²) in [6.07, 6.45) is 3.28. The number of nitrogens with zero attached hydrogens (tertiary/aromatic N) is 3. The van der Waals surface area contributed by atoms with Crippen LogP contribution in [0, 0.1) is 0 Å². The van der Waals surface area contributed by atoms with Gasteiger partial charge in [0.1, 0.15) is 17.9 Å². The molecule has 0 aliphatic rings. The predicted octanol–water partition coefficient (Wildman–Crippen LogP) is 2.33. The molecule has 2 N–H and O–H groups in total. The summed E-state index contributed by atoms with van der Waals surface area (Å²) < 4.78 is 7.55. The largest absolute Gasteiger partial charge is 0.494 e. The van der Waals surface area contributed by atoms with Crippen molar-refractivity contribution in [1.29, 1.82) is 0 Å². The van der Waals surface area contributed by atoms with E-state index in [0.717, 1.165) is 30.1 Å². The molecule has 1 aromatic heterocycles. The van der Waals surface area contributed by atoms with Crippen molar-refractivity contribution in [2.45, 2.75) is 39.3 Å². The predicted molar refractivity (Wildman–Crippen MR) is 78.6 cm³/mol. The summed E-state index contributed by atoms with van der Waals surface area (Å²) in [6.45, 7) is 5.60. The van der Waals surface area contributed by atoms with Crippen LogP contribution in [0.1, 0.15) is 37.7 Å². The summed E-state index contributed by atoms with van der Waals surface area (Å²) in [7, 11) is 0. The summed E-state index contributed by atoms with van der Waals surface area (Å²) >= 11 is 0. The van der Waals surface area contributed by atoms with Gasteiger partial charge in [0.05, 0.1) is 6.61 Å². The molecule has 2 aromatic rings. The van der Waals surface area contributed by atoms with E-state index < -0.39 is 0 Å². The molecule has 0 radical (unpaired) electrons. The molecule has 0 fully saturated rings. The maximum Gasteiger partial charge on any atom is 0.138 e. The van der Waals surface area contributed by atoms with E-state index in [2.05, 4.69) is 17.0 Å². The van der Waals surface area contributed by atoms with Gasteiger partial charge in [0.15, 0.2) is 0 Å². The third-order valence-electron chi connectivity index (χ3n) is 3.15. The van der Waals surface area contributed by atoms with Gasteiger partial charge in [-0.25, -0.2) is 4.98 Å². The fourth-order valence-corrected chi connectivity index (χ4v) is 2.23. The molecule has 0 spiro atoms.